The van der Waals surface area contributed by atoms with Crippen LogP contribution in [-0.4, -0.2) is 32.6 Å². The Morgan fingerprint density at radius 3 is 2.61 bits per heavy atom. The lowest BCUT2D eigenvalue weighted by Crippen LogP contribution is -2.26. The van der Waals surface area contributed by atoms with Crippen molar-refractivity contribution in [2.75, 3.05) is 17.2 Å². The maximum absolute atomic E-state index is 12.0. The van der Waals surface area contributed by atoms with Gasteiger partial charge in [-0.25, -0.2) is 9.97 Å². The lowest BCUT2D eigenvalue weighted by Gasteiger charge is -2.27. The van der Waals surface area contributed by atoms with Crippen LogP contribution in [0.3, 0.4) is 0 Å². The summed E-state index contributed by atoms with van der Waals surface area (Å²) < 4.78 is 0. The van der Waals surface area contributed by atoms with Crippen molar-refractivity contribution in [3.05, 3.63) is 29.2 Å². The topological polar surface area (TPSA) is 95.6 Å². The van der Waals surface area contributed by atoms with Crippen molar-refractivity contribution in [3.8, 4) is 0 Å². The Hall–Kier alpha value is -2.44. The fourth-order valence-corrected chi connectivity index (χ4v) is 2.88. The Morgan fingerprint density at radius 1 is 1.30 bits per heavy atom. The molecule has 7 nitrogen and oxygen atoms in total. The molecule has 3 rings (SSSR count). The van der Waals surface area contributed by atoms with Crippen molar-refractivity contribution in [1.29, 1.82) is 0 Å². The van der Waals surface area contributed by atoms with Crippen LogP contribution in [0.25, 0.3) is 0 Å². The molecule has 0 fully saturated rings. The van der Waals surface area contributed by atoms with Crippen molar-refractivity contribution in [2.45, 2.75) is 45.4 Å². The largest absolute Gasteiger partial charge is 0.355 e. The summed E-state index contributed by atoms with van der Waals surface area (Å²) in [6.45, 7) is 9.14. The molecule has 3 N–H and O–H groups in total. The molecule has 7 heteroatoms. The van der Waals surface area contributed by atoms with E-state index < -0.39 is 0 Å². The van der Waals surface area contributed by atoms with Gasteiger partial charge >= 0.3 is 0 Å². The van der Waals surface area contributed by atoms with Gasteiger partial charge in [0.1, 0.15) is 0 Å². The summed E-state index contributed by atoms with van der Waals surface area (Å²) >= 11 is 0. The molecular formula is C16H22N6O. The smallest absolute Gasteiger partial charge is 0.226 e. The second kappa shape index (κ2) is 5.64. The number of amides is 1. The van der Waals surface area contributed by atoms with Crippen LogP contribution in [0.5, 0.6) is 0 Å². The van der Waals surface area contributed by atoms with E-state index in [2.05, 4.69) is 51.6 Å². The Labute approximate surface area is 135 Å². The van der Waals surface area contributed by atoms with Crippen LogP contribution in [0.1, 0.15) is 56.9 Å². The molecule has 0 saturated carbocycles. The highest BCUT2D eigenvalue weighted by Crippen LogP contribution is 2.41. The molecule has 122 valence electrons. The Kier molecular flexibility index (Phi) is 3.79. The maximum atomic E-state index is 12.0. The molecule has 1 aliphatic rings. The molecule has 0 spiro atoms. The molecule has 23 heavy (non-hydrogen) atoms. The lowest BCUT2D eigenvalue weighted by molar-refractivity contribution is -0.116. The standard InChI is InChI=1S/C16H22N6O/c1-5-17-15-18-7-9(8-19-15)10-6-11(23)20-14-12(10)13(21-22-14)16(2,3)4/h7-8,10H,5-6H2,1-4H3,(H,17,18,19)(H2,20,21,22,23). The zero-order valence-electron chi connectivity index (χ0n) is 13.9. The summed E-state index contributed by atoms with van der Waals surface area (Å²) in [6.07, 6.45) is 3.95. The maximum Gasteiger partial charge on any atom is 0.226 e. The summed E-state index contributed by atoms with van der Waals surface area (Å²) in [5.41, 5.74) is 2.91. The molecular weight excluding hydrogens is 292 g/mol. The van der Waals surface area contributed by atoms with E-state index in [-0.39, 0.29) is 17.2 Å². The van der Waals surface area contributed by atoms with E-state index in [1.165, 1.54) is 0 Å². The van der Waals surface area contributed by atoms with E-state index >= 15 is 0 Å². The summed E-state index contributed by atoms with van der Waals surface area (Å²) in [5.74, 6) is 1.10. The predicted octanol–water partition coefficient (Wildman–Crippen LogP) is 2.40. The van der Waals surface area contributed by atoms with Gasteiger partial charge in [0.15, 0.2) is 5.82 Å². The lowest BCUT2D eigenvalue weighted by atomic mass is 9.80. The van der Waals surface area contributed by atoms with Crippen LogP contribution in [0.2, 0.25) is 0 Å². The van der Waals surface area contributed by atoms with Crippen molar-refractivity contribution < 1.29 is 4.79 Å². The number of fused-ring (bicyclic) bond motifs is 1. The zero-order chi connectivity index (χ0) is 16.6. The van der Waals surface area contributed by atoms with E-state index in [4.69, 9.17) is 0 Å². The van der Waals surface area contributed by atoms with Gasteiger partial charge in [0.25, 0.3) is 0 Å². The van der Waals surface area contributed by atoms with Gasteiger partial charge in [-0.3, -0.25) is 9.89 Å². The first-order valence-corrected chi connectivity index (χ1v) is 7.84. The molecule has 2 aromatic rings. The van der Waals surface area contributed by atoms with Gasteiger partial charge in [-0.2, -0.15) is 5.10 Å². The minimum absolute atomic E-state index is 0.0368. The molecule has 3 heterocycles. The fraction of sp³-hybridized carbons (Fsp3) is 0.500. The number of hydrogen-bond donors (Lipinski definition) is 3. The van der Waals surface area contributed by atoms with Gasteiger partial charge in [0.2, 0.25) is 11.9 Å². The molecule has 0 aliphatic carbocycles. The van der Waals surface area contributed by atoms with Crippen molar-refractivity contribution in [2.24, 2.45) is 0 Å². The average molecular weight is 314 g/mol. The molecule has 1 atom stereocenters. The molecule has 1 aliphatic heterocycles. The van der Waals surface area contributed by atoms with Gasteiger partial charge < -0.3 is 10.6 Å². The third-order valence-corrected chi connectivity index (χ3v) is 3.96. The van der Waals surface area contributed by atoms with Crippen molar-refractivity contribution >= 4 is 17.7 Å². The summed E-state index contributed by atoms with van der Waals surface area (Å²) in [6, 6.07) is 0. The van der Waals surface area contributed by atoms with Crippen molar-refractivity contribution in [1.82, 2.24) is 20.2 Å². The third kappa shape index (κ3) is 2.91. The summed E-state index contributed by atoms with van der Waals surface area (Å²) in [4.78, 5) is 20.7. The van der Waals surface area contributed by atoms with Gasteiger partial charge in [0.05, 0.1) is 0 Å². The van der Waals surface area contributed by atoms with Crippen LogP contribution < -0.4 is 10.6 Å². The Balaban J connectivity index is 2.04. The number of H-pyrrole nitrogens is 1. The number of aromatic amines is 1. The van der Waals surface area contributed by atoms with E-state index in [0.717, 1.165) is 23.4 Å². The molecule has 0 radical (unpaired) electrons. The van der Waals surface area contributed by atoms with Crippen LogP contribution in [-0.2, 0) is 10.2 Å². The summed E-state index contributed by atoms with van der Waals surface area (Å²) in [7, 11) is 0. The number of nitrogens with zero attached hydrogens (tertiary/aromatic N) is 3. The monoisotopic (exact) mass is 314 g/mol. The number of hydrogen-bond acceptors (Lipinski definition) is 5. The highest BCUT2D eigenvalue weighted by Gasteiger charge is 2.35. The highest BCUT2D eigenvalue weighted by molar-refractivity contribution is 5.94. The first kappa shape index (κ1) is 15.5. The second-order valence-corrected chi connectivity index (χ2v) is 6.79. The van der Waals surface area contributed by atoms with Crippen molar-refractivity contribution in [3.63, 3.8) is 0 Å². The fourth-order valence-electron chi connectivity index (χ4n) is 2.88. The number of anilines is 2. The van der Waals surface area contributed by atoms with Gasteiger partial charge in [-0.1, -0.05) is 20.8 Å². The average Bonchev–Trinajstić information content (AvgIpc) is 2.91. The number of rotatable bonds is 3. The highest BCUT2D eigenvalue weighted by atomic mass is 16.1. The number of carbonyl (C=O) groups excluding carboxylic acids is 1. The Bertz CT molecular complexity index is 713. The predicted molar refractivity (Wildman–Crippen MR) is 88.6 cm³/mol. The minimum atomic E-state index is -0.0918. The van der Waals surface area contributed by atoms with Crippen LogP contribution in [0, 0.1) is 0 Å². The molecule has 0 aromatic carbocycles. The van der Waals surface area contributed by atoms with Gasteiger partial charge in [-0.15, -0.1) is 0 Å². The second-order valence-electron chi connectivity index (χ2n) is 6.79. The zero-order valence-corrected chi connectivity index (χ0v) is 13.9. The molecule has 1 unspecified atom stereocenters. The number of aromatic nitrogens is 4. The van der Waals surface area contributed by atoms with Gasteiger partial charge in [-0.05, 0) is 12.5 Å². The van der Waals surface area contributed by atoms with E-state index in [0.29, 0.717) is 18.2 Å². The number of carbonyl (C=O) groups is 1. The van der Waals surface area contributed by atoms with E-state index in [1.807, 2.05) is 6.92 Å². The number of nitrogens with one attached hydrogen (secondary N) is 3. The SMILES string of the molecule is CCNc1ncc(C2CC(=O)Nc3n[nH]c(C(C)(C)C)c32)cn1. The minimum Gasteiger partial charge on any atom is -0.355 e. The molecule has 0 bridgehead atoms. The molecule has 1 amide bonds. The van der Waals surface area contributed by atoms with Crippen LogP contribution in [0.15, 0.2) is 12.4 Å². The normalized spacial score (nSPS) is 17.6. The third-order valence-electron chi connectivity index (χ3n) is 3.96. The Morgan fingerprint density at radius 2 is 2.00 bits per heavy atom. The van der Waals surface area contributed by atoms with Crippen LogP contribution in [0.4, 0.5) is 11.8 Å². The van der Waals surface area contributed by atoms with Gasteiger partial charge in [0, 0.05) is 47.9 Å². The first-order chi connectivity index (χ1) is 10.9. The molecule has 0 saturated heterocycles. The van der Waals surface area contributed by atoms with Crippen LogP contribution >= 0.6 is 0 Å². The molecule has 2 aromatic heterocycles. The summed E-state index contributed by atoms with van der Waals surface area (Å²) in [5, 5.41) is 13.3. The van der Waals surface area contributed by atoms with E-state index in [1.54, 1.807) is 12.4 Å². The van der Waals surface area contributed by atoms with E-state index in [9.17, 15) is 4.79 Å². The first-order valence-electron chi connectivity index (χ1n) is 7.84. The quantitative estimate of drug-likeness (QED) is 0.808.